The summed E-state index contributed by atoms with van der Waals surface area (Å²) in [4.78, 5) is 28.8. The number of alkyl halides is 1. The van der Waals surface area contributed by atoms with Gasteiger partial charge in [0.05, 0.1) is 28.1 Å². The first-order chi connectivity index (χ1) is 12.9. The first-order valence-corrected chi connectivity index (χ1v) is 9.19. The van der Waals surface area contributed by atoms with E-state index >= 15 is 0 Å². The highest BCUT2D eigenvalue weighted by molar-refractivity contribution is 6.38. The summed E-state index contributed by atoms with van der Waals surface area (Å²) < 4.78 is 25.1. The van der Waals surface area contributed by atoms with Crippen LogP contribution in [0.2, 0.25) is 10.0 Å². The van der Waals surface area contributed by atoms with Gasteiger partial charge in [-0.2, -0.15) is 0 Å². The van der Waals surface area contributed by atoms with Crippen molar-refractivity contribution in [2.45, 2.75) is 32.9 Å². The minimum absolute atomic E-state index is 0.0477. The number of rotatable bonds is 5. The summed E-state index contributed by atoms with van der Waals surface area (Å²) in [7, 11) is 0. The molecule has 3 rings (SSSR count). The number of hydrogen-bond donors (Lipinski definition) is 0. The lowest BCUT2D eigenvalue weighted by molar-refractivity contribution is -0.149. The van der Waals surface area contributed by atoms with Crippen LogP contribution >= 0.6 is 23.2 Å². The van der Waals surface area contributed by atoms with Crippen LogP contribution in [0.1, 0.15) is 37.7 Å². The zero-order chi connectivity index (χ0) is 19.7. The van der Waals surface area contributed by atoms with Crippen LogP contribution in [0.15, 0.2) is 27.4 Å². The minimum atomic E-state index is -2.07. The van der Waals surface area contributed by atoms with Crippen molar-refractivity contribution < 1.29 is 18.3 Å². The second kappa shape index (κ2) is 7.82. The summed E-state index contributed by atoms with van der Waals surface area (Å²) in [6.45, 7) is 3.53. The number of ether oxygens (including phenoxy) is 1. The molecule has 0 spiro atoms. The summed E-state index contributed by atoms with van der Waals surface area (Å²) in [5.74, 6) is -1.03. The molecule has 5 nitrogen and oxygen atoms in total. The predicted molar refractivity (Wildman–Crippen MR) is 102 cm³/mol. The van der Waals surface area contributed by atoms with Crippen molar-refractivity contribution in [1.29, 1.82) is 0 Å². The number of aromatic nitrogens is 1. The molecule has 0 N–H and O–H groups in total. The number of esters is 1. The van der Waals surface area contributed by atoms with E-state index < -0.39 is 12.1 Å². The third-order valence-electron chi connectivity index (χ3n) is 4.05. The van der Waals surface area contributed by atoms with Crippen molar-refractivity contribution in [3.05, 3.63) is 49.7 Å². The molecule has 0 fully saturated rings. The van der Waals surface area contributed by atoms with Crippen LogP contribution in [0.3, 0.4) is 0 Å². The molecule has 0 aliphatic rings. The Morgan fingerprint density at radius 2 is 2.00 bits per heavy atom. The highest BCUT2D eigenvalue weighted by Crippen LogP contribution is 2.31. The normalized spacial score (nSPS) is 12.5. The van der Waals surface area contributed by atoms with E-state index in [1.165, 1.54) is 18.2 Å². The van der Waals surface area contributed by atoms with Crippen molar-refractivity contribution >= 4 is 51.2 Å². The van der Waals surface area contributed by atoms with Gasteiger partial charge >= 0.3 is 5.97 Å². The molecule has 2 heterocycles. The number of fused-ring (bicyclic) bond motifs is 2. The first-order valence-electron chi connectivity index (χ1n) is 8.43. The number of nitrogens with zero attached hydrogens (tertiary/aromatic N) is 1. The molecule has 8 heteroatoms. The minimum Gasteiger partial charge on any atom is -0.464 e. The van der Waals surface area contributed by atoms with Crippen molar-refractivity contribution in [2.75, 3.05) is 6.61 Å². The fourth-order valence-electron chi connectivity index (χ4n) is 2.88. The van der Waals surface area contributed by atoms with Gasteiger partial charge < -0.3 is 9.15 Å². The Labute approximate surface area is 164 Å². The smallest absolute Gasteiger partial charge is 0.347 e. The maximum absolute atomic E-state index is 14.7. The van der Waals surface area contributed by atoms with E-state index in [0.29, 0.717) is 23.4 Å². The van der Waals surface area contributed by atoms with Gasteiger partial charge in [0, 0.05) is 5.02 Å². The number of hydrogen-bond acceptors (Lipinski definition) is 5. The van der Waals surface area contributed by atoms with Gasteiger partial charge in [-0.15, -0.1) is 0 Å². The second-order valence-corrected chi connectivity index (χ2v) is 6.79. The lowest BCUT2D eigenvalue weighted by Gasteiger charge is -2.13. The molecule has 2 aromatic heterocycles. The van der Waals surface area contributed by atoms with Gasteiger partial charge in [-0.25, -0.2) is 14.2 Å². The monoisotopic (exact) mass is 411 g/mol. The summed E-state index contributed by atoms with van der Waals surface area (Å²) in [5, 5.41) is 0.812. The molecule has 1 atom stereocenters. The van der Waals surface area contributed by atoms with Crippen molar-refractivity contribution in [3.63, 3.8) is 0 Å². The quantitative estimate of drug-likeness (QED) is 0.427. The van der Waals surface area contributed by atoms with Gasteiger partial charge in [-0.3, -0.25) is 4.79 Å². The average molecular weight is 412 g/mol. The van der Waals surface area contributed by atoms with Crippen LogP contribution < -0.4 is 5.43 Å². The van der Waals surface area contributed by atoms with Crippen LogP contribution in [0, 0.1) is 0 Å². The third-order valence-corrected chi connectivity index (χ3v) is 4.55. The SMILES string of the molecule is CCCc1cc2c(=O)c3cc(Cl)cc(Cl)c3oc2nc1C(F)C(=O)OCC. The van der Waals surface area contributed by atoms with Gasteiger partial charge in [0.15, 0.2) is 5.58 Å². The number of carbonyl (C=O) groups excluding carboxylic acids is 1. The summed E-state index contributed by atoms with van der Waals surface area (Å²) in [5.41, 5.74) is -0.0374. The number of aryl methyl sites for hydroxylation is 1. The molecule has 142 valence electrons. The van der Waals surface area contributed by atoms with E-state index in [2.05, 4.69) is 4.98 Å². The second-order valence-electron chi connectivity index (χ2n) is 5.95. The van der Waals surface area contributed by atoms with E-state index in [1.807, 2.05) is 6.92 Å². The average Bonchev–Trinajstić information content (AvgIpc) is 2.63. The maximum Gasteiger partial charge on any atom is 0.347 e. The van der Waals surface area contributed by atoms with Crippen LogP contribution in [0.5, 0.6) is 0 Å². The molecule has 1 unspecified atom stereocenters. The van der Waals surface area contributed by atoms with E-state index in [1.54, 1.807) is 6.92 Å². The van der Waals surface area contributed by atoms with E-state index in [4.69, 9.17) is 32.4 Å². The van der Waals surface area contributed by atoms with Gasteiger partial charge in [-0.1, -0.05) is 36.5 Å². The fraction of sp³-hybridized carbons (Fsp3) is 0.316. The third kappa shape index (κ3) is 3.64. The molecule has 0 aliphatic heterocycles. The Bertz CT molecular complexity index is 1100. The highest BCUT2D eigenvalue weighted by Gasteiger charge is 2.27. The lowest BCUT2D eigenvalue weighted by Crippen LogP contribution is -2.16. The Morgan fingerprint density at radius 1 is 1.26 bits per heavy atom. The summed E-state index contributed by atoms with van der Waals surface area (Å²) in [6, 6.07) is 4.40. The lowest BCUT2D eigenvalue weighted by atomic mass is 10.0. The van der Waals surface area contributed by atoms with Crippen LogP contribution in [0.25, 0.3) is 22.1 Å². The molecule has 3 aromatic rings. The number of carbonyl (C=O) groups is 1. The predicted octanol–water partition coefficient (Wildman–Crippen LogP) is 5.17. The van der Waals surface area contributed by atoms with E-state index in [9.17, 15) is 14.0 Å². The zero-order valence-corrected chi connectivity index (χ0v) is 16.2. The number of benzene rings is 1. The topological polar surface area (TPSA) is 69.4 Å². The molecule has 0 bridgehead atoms. The molecule has 0 saturated carbocycles. The summed E-state index contributed by atoms with van der Waals surface area (Å²) in [6.07, 6.45) is -0.962. The Morgan fingerprint density at radius 3 is 2.67 bits per heavy atom. The molecule has 0 radical (unpaired) electrons. The van der Waals surface area contributed by atoms with E-state index in [0.717, 1.165) is 0 Å². The summed E-state index contributed by atoms with van der Waals surface area (Å²) >= 11 is 12.1. The van der Waals surface area contributed by atoms with E-state index in [-0.39, 0.29) is 44.8 Å². The number of halogens is 3. The van der Waals surface area contributed by atoms with Gasteiger partial charge in [-0.05, 0) is 37.1 Å². The Balaban J connectivity index is 2.31. The molecular formula is C19H16Cl2FNO4. The first kappa shape index (κ1) is 19.6. The standard InChI is InChI=1S/C19H16Cl2FNO4/c1-3-5-9-6-12-16(24)11-7-10(20)8-13(21)17(11)27-18(12)23-15(9)14(22)19(25)26-4-2/h6-8,14H,3-5H2,1-2H3. The van der Waals surface area contributed by atoms with Crippen molar-refractivity contribution in [2.24, 2.45) is 0 Å². The largest absolute Gasteiger partial charge is 0.464 e. The zero-order valence-electron chi connectivity index (χ0n) is 14.6. The van der Waals surface area contributed by atoms with Gasteiger partial charge in [0.2, 0.25) is 17.3 Å². The van der Waals surface area contributed by atoms with Gasteiger partial charge in [0.1, 0.15) is 0 Å². The Kier molecular flexibility index (Phi) is 5.67. The molecular weight excluding hydrogens is 396 g/mol. The van der Waals surface area contributed by atoms with Crippen LogP contribution in [0.4, 0.5) is 4.39 Å². The highest BCUT2D eigenvalue weighted by atomic mass is 35.5. The van der Waals surface area contributed by atoms with Gasteiger partial charge in [0.25, 0.3) is 0 Å². The molecule has 0 saturated heterocycles. The molecule has 1 aromatic carbocycles. The van der Waals surface area contributed by atoms with Crippen LogP contribution in [-0.4, -0.2) is 17.6 Å². The maximum atomic E-state index is 14.7. The molecule has 0 aliphatic carbocycles. The molecule has 0 amide bonds. The molecule has 27 heavy (non-hydrogen) atoms. The number of pyridine rings is 1. The fourth-order valence-corrected chi connectivity index (χ4v) is 3.41. The van der Waals surface area contributed by atoms with Crippen molar-refractivity contribution in [3.8, 4) is 0 Å². The van der Waals surface area contributed by atoms with Crippen molar-refractivity contribution in [1.82, 2.24) is 4.98 Å². The van der Waals surface area contributed by atoms with Crippen LogP contribution in [-0.2, 0) is 16.0 Å². The Hall–Kier alpha value is -2.18.